The molecule has 2 heterocycles. The molecule has 4 rings (SSSR count). The Bertz CT molecular complexity index is 826. The lowest BCUT2D eigenvalue weighted by Gasteiger charge is -2.34. The van der Waals surface area contributed by atoms with Crippen molar-refractivity contribution in [2.45, 2.75) is 44.4 Å². The Hall–Kier alpha value is -2.09. The second kappa shape index (κ2) is 9.15. The predicted molar refractivity (Wildman–Crippen MR) is 109 cm³/mol. The maximum absolute atomic E-state index is 13.2. The van der Waals surface area contributed by atoms with Crippen LogP contribution in [0.5, 0.6) is 5.75 Å². The van der Waals surface area contributed by atoms with E-state index in [9.17, 15) is 4.79 Å². The molecule has 7 heteroatoms. The molecule has 1 aromatic carbocycles. The molecule has 2 atom stereocenters. The van der Waals surface area contributed by atoms with Crippen LogP contribution >= 0.6 is 0 Å². The number of amides is 1. The number of carbonyl (C=O) groups is 1. The van der Waals surface area contributed by atoms with E-state index in [0.717, 1.165) is 48.1 Å². The van der Waals surface area contributed by atoms with E-state index in [1.165, 1.54) is 0 Å². The third-order valence-corrected chi connectivity index (χ3v) is 5.60. The van der Waals surface area contributed by atoms with Crippen molar-refractivity contribution in [1.82, 2.24) is 10.2 Å². The summed E-state index contributed by atoms with van der Waals surface area (Å²) in [7, 11) is 1.69. The Labute approximate surface area is 171 Å². The first-order valence-electron chi connectivity index (χ1n) is 10.5. The maximum Gasteiger partial charge on any atom is 0.253 e. The van der Waals surface area contributed by atoms with Gasteiger partial charge in [0.1, 0.15) is 17.4 Å². The van der Waals surface area contributed by atoms with E-state index >= 15 is 0 Å². The van der Waals surface area contributed by atoms with Crippen LogP contribution in [0.4, 0.5) is 0 Å². The number of hydrogen-bond donors (Lipinski definition) is 1. The van der Waals surface area contributed by atoms with E-state index in [4.69, 9.17) is 18.6 Å². The Morgan fingerprint density at radius 3 is 2.93 bits per heavy atom. The van der Waals surface area contributed by atoms with Gasteiger partial charge in [0, 0.05) is 39.3 Å². The highest BCUT2D eigenvalue weighted by atomic mass is 16.5. The summed E-state index contributed by atoms with van der Waals surface area (Å²) in [5.41, 5.74) is 1.79. The van der Waals surface area contributed by atoms with Crippen LogP contribution in [0.2, 0.25) is 0 Å². The smallest absolute Gasteiger partial charge is 0.253 e. The summed E-state index contributed by atoms with van der Waals surface area (Å²) < 4.78 is 22.5. The van der Waals surface area contributed by atoms with Crippen LogP contribution in [0.15, 0.2) is 28.9 Å². The van der Waals surface area contributed by atoms with Gasteiger partial charge in [0.2, 0.25) is 0 Å². The Morgan fingerprint density at radius 1 is 1.34 bits per heavy atom. The summed E-state index contributed by atoms with van der Waals surface area (Å²) in [4.78, 5) is 15.2. The minimum absolute atomic E-state index is 0.0642. The van der Waals surface area contributed by atoms with Crippen molar-refractivity contribution in [3.8, 4) is 5.75 Å². The third kappa shape index (κ3) is 4.57. The third-order valence-electron chi connectivity index (χ3n) is 5.60. The minimum Gasteiger partial charge on any atom is -0.493 e. The highest BCUT2D eigenvalue weighted by Gasteiger charge is 2.40. The summed E-state index contributed by atoms with van der Waals surface area (Å²) in [6.45, 7) is 5.23. The average Bonchev–Trinajstić information content (AvgIpc) is 3.46. The topological polar surface area (TPSA) is 73.2 Å². The van der Waals surface area contributed by atoms with Gasteiger partial charge in [0.25, 0.3) is 5.91 Å². The molecule has 2 aliphatic rings. The molecule has 2 aromatic rings. The van der Waals surface area contributed by atoms with E-state index in [0.29, 0.717) is 26.4 Å². The van der Waals surface area contributed by atoms with Crippen molar-refractivity contribution in [3.05, 3.63) is 30.0 Å². The number of rotatable bonds is 9. The number of hydrogen-bond acceptors (Lipinski definition) is 6. The summed E-state index contributed by atoms with van der Waals surface area (Å²) >= 11 is 0. The molecule has 29 heavy (non-hydrogen) atoms. The Balaban J connectivity index is 1.57. The number of nitrogens with zero attached hydrogens (tertiary/aromatic N) is 1. The van der Waals surface area contributed by atoms with Crippen LogP contribution in [-0.2, 0) is 14.3 Å². The Kier molecular flexibility index (Phi) is 6.37. The van der Waals surface area contributed by atoms with E-state index in [1.54, 1.807) is 13.4 Å². The maximum atomic E-state index is 13.2. The molecule has 1 aromatic heterocycles. The number of furan rings is 1. The molecule has 7 nitrogen and oxygen atoms in total. The second-order valence-corrected chi connectivity index (χ2v) is 7.76. The molecule has 2 fully saturated rings. The fraction of sp³-hybridized carbons (Fsp3) is 0.591. The van der Waals surface area contributed by atoms with Gasteiger partial charge in [-0.15, -0.1) is 0 Å². The van der Waals surface area contributed by atoms with Gasteiger partial charge in [-0.25, -0.2) is 0 Å². The zero-order valence-electron chi connectivity index (χ0n) is 17.2. The molecule has 1 saturated heterocycles. The van der Waals surface area contributed by atoms with E-state index < -0.39 is 6.10 Å². The van der Waals surface area contributed by atoms with Crippen LogP contribution in [0, 0.1) is 0 Å². The highest BCUT2D eigenvalue weighted by Crippen LogP contribution is 2.38. The van der Waals surface area contributed by atoms with Crippen LogP contribution in [0.25, 0.3) is 11.0 Å². The molecule has 1 amide bonds. The molecule has 158 valence electrons. The van der Waals surface area contributed by atoms with Crippen molar-refractivity contribution >= 4 is 16.9 Å². The quantitative estimate of drug-likeness (QED) is 0.650. The molecular weight excluding hydrogens is 372 g/mol. The first-order valence-corrected chi connectivity index (χ1v) is 10.5. The van der Waals surface area contributed by atoms with Crippen molar-refractivity contribution in [3.63, 3.8) is 0 Å². The highest BCUT2D eigenvalue weighted by molar-refractivity contribution is 5.86. The van der Waals surface area contributed by atoms with Gasteiger partial charge in [-0.1, -0.05) is 0 Å². The normalized spacial score (nSPS) is 20.6. The molecular formula is C22H30N2O5. The monoisotopic (exact) mass is 402 g/mol. The molecule has 1 aliphatic carbocycles. The largest absolute Gasteiger partial charge is 0.493 e. The number of methoxy groups -OCH3 is 1. The van der Waals surface area contributed by atoms with E-state index in [-0.39, 0.29) is 18.0 Å². The predicted octanol–water partition coefficient (Wildman–Crippen LogP) is 2.89. The lowest BCUT2D eigenvalue weighted by Crippen LogP contribution is -2.50. The summed E-state index contributed by atoms with van der Waals surface area (Å²) in [5, 5.41) is 4.20. The van der Waals surface area contributed by atoms with Crippen molar-refractivity contribution in [2.24, 2.45) is 0 Å². The van der Waals surface area contributed by atoms with Gasteiger partial charge in [0.15, 0.2) is 0 Å². The molecule has 1 saturated carbocycles. The standard InChI is InChI=1S/C22H30N2O5/c1-15(24(17-4-5-17)22(25)21-14-23-7-11-29-21)16-12-19(27-9-3-8-26-2)18-6-10-28-20(18)13-16/h6,10,12-13,15,17,21,23H,3-5,7-9,11,14H2,1-2H3/t15-,21-/m1/s1. The SMILES string of the molecule is COCCCOc1cc([C@@H](C)N(C(=O)[C@H]2CNCCO2)C2CC2)cc2occc12. The molecule has 0 spiro atoms. The first-order chi connectivity index (χ1) is 14.2. The number of carbonyl (C=O) groups excluding carboxylic acids is 1. The van der Waals surface area contributed by atoms with Gasteiger partial charge < -0.3 is 28.8 Å². The number of ether oxygens (including phenoxy) is 3. The zero-order chi connectivity index (χ0) is 20.2. The number of nitrogens with one attached hydrogen (secondary N) is 1. The van der Waals surface area contributed by atoms with Crippen molar-refractivity contribution in [1.29, 1.82) is 0 Å². The van der Waals surface area contributed by atoms with Crippen molar-refractivity contribution < 1.29 is 23.4 Å². The van der Waals surface area contributed by atoms with Gasteiger partial charge in [-0.3, -0.25) is 4.79 Å². The molecule has 0 radical (unpaired) electrons. The molecule has 1 aliphatic heterocycles. The van der Waals surface area contributed by atoms with Gasteiger partial charge in [0.05, 0.1) is 30.9 Å². The van der Waals surface area contributed by atoms with Crippen molar-refractivity contribution in [2.75, 3.05) is 40.0 Å². The van der Waals surface area contributed by atoms with Crippen LogP contribution in [0.3, 0.4) is 0 Å². The zero-order valence-corrected chi connectivity index (χ0v) is 17.2. The number of fused-ring (bicyclic) bond motifs is 1. The number of benzene rings is 1. The summed E-state index contributed by atoms with van der Waals surface area (Å²) in [5.74, 6) is 0.849. The molecule has 0 unspecified atom stereocenters. The summed E-state index contributed by atoms with van der Waals surface area (Å²) in [6, 6.07) is 6.17. The van der Waals surface area contributed by atoms with Gasteiger partial charge >= 0.3 is 0 Å². The first kappa shape index (κ1) is 20.2. The average molecular weight is 402 g/mol. The van der Waals surface area contributed by atoms with Crippen LogP contribution in [-0.4, -0.2) is 63.0 Å². The van der Waals surface area contributed by atoms with Gasteiger partial charge in [-0.2, -0.15) is 0 Å². The lowest BCUT2D eigenvalue weighted by atomic mass is 10.0. The molecule has 1 N–H and O–H groups in total. The van der Waals surface area contributed by atoms with E-state index in [1.807, 2.05) is 23.1 Å². The van der Waals surface area contributed by atoms with Crippen LogP contribution in [0.1, 0.15) is 37.8 Å². The molecule has 0 bridgehead atoms. The minimum atomic E-state index is -0.413. The fourth-order valence-corrected chi connectivity index (χ4v) is 3.90. The van der Waals surface area contributed by atoms with Crippen LogP contribution < -0.4 is 10.1 Å². The lowest BCUT2D eigenvalue weighted by molar-refractivity contribution is -0.148. The Morgan fingerprint density at radius 2 is 2.21 bits per heavy atom. The fourth-order valence-electron chi connectivity index (χ4n) is 3.90. The number of morpholine rings is 1. The summed E-state index contributed by atoms with van der Waals surface area (Å²) in [6.07, 6.45) is 4.16. The van der Waals surface area contributed by atoms with E-state index in [2.05, 4.69) is 12.2 Å². The second-order valence-electron chi connectivity index (χ2n) is 7.76. The van der Waals surface area contributed by atoms with Gasteiger partial charge in [-0.05, 0) is 43.5 Å².